The van der Waals surface area contributed by atoms with E-state index in [-0.39, 0.29) is 12.6 Å². The molecule has 0 amide bonds. The van der Waals surface area contributed by atoms with Crippen molar-refractivity contribution in [2.75, 3.05) is 7.05 Å². The summed E-state index contributed by atoms with van der Waals surface area (Å²) in [6.45, 7) is 2.21. The lowest BCUT2D eigenvalue weighted by Crippen LogP contribution is -2.07. The minimum atomic E-state index is -0.347. The molecule has 0 fully saturated rings. The van der Waals surface area contributed by atoms with Gasteiger partial charge >= 0.3 is 5.97 Å². The molecule has 0 aliphatic carbocycles. The molecule has 0 bridgehead atoms. The Morgan fingerprint density at radius 2 is 2.13 bits per heavy atom. The van der Waals surface area contributed by atoms with Crippen molar-refractivity contribution in [3.05, 3.63) is 65.1 Å². The first-order valence-electron chi connectivity index (χ1n) is 7.58. The van der Waals surface area contributed by atoms with Gasteiger partial charge in [-0.2, -0.15) is 0 Å². The lowest BCUT2D eigenvalue weighted by molar-refractivity contribution is 0.0474. The summed E-state index contributed by atoms with van der Waals surface area (Å²) in [4.78, 5) is 21.7. The van der Waals surface area contributed by atoms with Gasteiger partial charge in [0, 0.05) is 30.9 Å². The van der Waals surface area contributed by atoms with Crippen LogP contribution in [0.5, 0.6) is 0 Å². The molecule has 1 aliphatic rings. The zero-order chi connectivity index (χ0) is 15.8. The van der Waals surface area contributed by atoms with Crippen molar-refractivity contribution in [1.82, 2.24) is 14.9 Å². The van der Waals surface area contributed by atoms with E-state index < -0.39 is 0 Å². The molecule has 116 valence electrons. The summed E-state index contributed by atoms with van der Waals surface area (Å²) in [5.41, 5.74) is 5.01. The SMILES string of the molecule is CN1Cc2ccc(COC(=O)c3cncc4[nH]ccc34)cc2C1. The number of H-pyrrole nitrogens is 1. The fourth-order valence-corrected chi connectivity index (χ4v) is 3.08. The summed E-state index contributed by atoms with van der Waals surface area (Å²) in [6, 6.07) is 8.14. The number of hydrogen-bond donors (Lipinski definition) is 1. The quantitative estimate of drug-likeness (QED) is 0.756. The molecular formula is C18H17N3O2. The molecule has 1 aromatic carbocycles. The average Bonchev–Trinajstić information content (AvgIpc) is 3.16. The molecule has 2 aromatic heterocycles. The molecule has 0 spiro atoms. The van der Waals surface area contributed by atoms with E-state index in [1.165, 1.54) is 11.1 Å². The minimum Gasteiger partial charge on any atom is -0.457 e. The number of fused-ring (bicyclic) bond motifs is 2. The highest BCUT2D eigenvalue weighted by atomic mass is 16.5. The largest absolute Gasteiger partial charge is 0.457 e. The Balaban J connectivity index is 1.50. The van der Waals surface area contributed by atoms with Gasteiger partial charge < -0.3 is 9.72 Å². The van der Waals surface area contributed by atoms with E-state index in [1.807, 2.05) is 12.1 Å². The van der Waals surface area contributed by atoms with Crippen molar-refractivity contribution in [1.29, 1.82) is 0 Å². The van der Waals surface area contributed by atoms with Crippen LogP contribution in [0.3, 0.4) is 0 Å². The standard InChI is InChI=1S/C18H17N3O2/c1-21-9-13-3-2-12(6-14(13)10-21)11-23-18(22)16-7-19-8-17-15(16)4-5-20-17/h2-8,20H,9-11H2,1H3. The van der Waals surface area contributed by atoms with Crippen LogP contribution in [0.2, 0.25) is 0 Å². The highest BCUT2D eigenvalue weighted by Crippen LogP contribution is 2.23. The van der Waals surface area contributed by atoms with E-state index in [1.54, 1.807) is 18.6 Å². The van der Waals surface area contributed by atoms with E-state index in [0.29, 0.717) is 5.56 Å². The number of benzene rings is 1. The smallest absolute Gasteiger partial charge is 0.340 e. The average molecular weight is 307 g/mol. The van der Waals surface area contributed by atoms with Crippen LogP contribution in [0, 0.1) is 0 Å². The third kappa shape index (κ3) is 2.59. The van der Waals surface area contributed by atoms with Crippen molar-refractivity contribution in [3.8, 4) is 0 Å². The summed E-state index contributed by atoms with van der Waals surface area (Å²) >= 11 is 0. The molecule has 3 heterocycles. The van der Waals surface area contributed by atoms with Crippen molar-refractivity contribution in [2.24, 2.45) is 0 Å². The van der Waals surface area contributed by atoms with E-state index in [0.717, 1.165) is 29.6 Å². The molecule has 5 nitrogen and oxygen atoms in total. The normalized spacial score (nSPS) is 14.1. The Hall–Kier alpha value is -2.66. The Kier molecular flexibility index (Phi) is 3.35. The number of esters is 1. The summed E-state index contributed by atoms with van der Waals surface area (Å²) in [7, 11) is 2.10. The fourth-order valence-electron chi connectivity index (χ4n) is 3.08. The van der Waals surface area contributed by atoms with Gasteiger partial charge in [-0.15, -0.1) is 0 Å². The summed E-state index contributed by atoms with van der Waals surface area (Å²) < 4.78 is 5.47. The second-order valence-corrected chi connectivity index (χ2v) is 5.98. The molecule has 4 rings (SSSR count). The molecule has 0 atom stereocenters. The van der Waals surface area contributed by atoms with Crippen LogP contribution >= 0.6 is 0 Å². The zero-order valence-electron chi connectivity index (χ0n) is 12.9. The Bertz CT molecular complexity index is 885. The first kappa shape index (κ1) is 14.0. The van der Waals surface area contributed by atoms with Gasteiger partial charge in [-0.05, 0) is 29.8 Å². The van der Waals surface area contributed by atoms with Crippen LogP contribution in [0.4, 0.5) is 0 Å². The summed E-state index contributed by atoms with van der Waals surface area (Å²) in [5, 5.41) is 0.834. The zero-order valence-corrected chi connectivity index (χ0v) is 12.9. The summed E-state index contributed by atoms with van der Waals surface area (Å²) in [6.07, 6.45) is 5.04. The van der Waals surface area contributed by atoms with Crippen molar-refractivity contribution in [3.63, 3.8) is 0 Å². The van der Waals surface area contributed by atoms with Crippen LogP contribution in [-0.4, -0.2) is 27.9 Å². The number of carbonyl (C=O) groups is 1. The molecule has 5 heteroatoms. The molecular weight excluding hydrogens is 290 g/mol. The van der Waals surface area contributed by atoms with Crippen LogP contribution < -0.4 is 0 Å². The molecule has 0 unspecified atom stereocenters. The van der Waals surface area contributed by atoms with E-state index in [9.17, 15) is 4.79 Å². The lowest BCUT2D eigenvalue weighted by atomic mass is 10.1. The van der Waals surface area contributed by atoms with Crippen LogP contribution in [-0.2, 0) is 24.4 Å². The van der Waals surface area contributed by atoms with Gasteiger partial charge in [0.05, 0.1) is 17.3 Å². The van der Waals surface area contributed by atoms with Gasteiger partial charge in [-0.3, -0.25) is 9.88 Å². The van der Waals surface area contributed by atoms with E-state index >= 15 is 0 Å². The first-order valence-corrected chi connectivity index (χ1v) is 7.58. The van der Waals surface area contributed by atoms with Gasteiger partial charge in [0.1, 0.15) is 6.61 Å². The third-order valence-corrected chi connectivity index (χ3v) is 4.22. The third-order valence-electron chi connectivity index (χ3n) is 4.22. The molecule has 0 radical (unpaired) electrons. The van der Waals surface area contributed by atoms with E-state index in [4.69, 9.17) is 4.74 Å². The Labute approximate surface area is 133 Å². The maximum Gasteiger partial charge on any atom is 0.340 e. The molecule has 0 saturated heterocycles. The van der Waals surface area contributed by atoms with Crippen molar-refractivity contribution < 1.29 is 9.53 Å². The van der Waals surface area contributed by atoms with Crippen LogP contribution in [0.25, 0.3) is 10.9 Å². The minimum absolute atomic E-state index is 0.274. The second-order valence-electron chi connectivity index (χ2n) is 5.98. The van der Waals surface area contributed by atoms with Gasteiger partial charge in [0.2, 0.25) is 0 Å². The highest BCUT2D eigenvalue weighted by Gasteiger charge is 2.17. The number of aromatic amines is 1. The monoisotopic (exact) mass is 307 g/mol. The number of aromatic nitrogens is 2. The highest BCUT2D eigenvalue weighted by molar-refractivity contribution is 6.03. The maximum atomic E-state index is 12.3. The maximum absolute atomic E-state index is 12.3. The Morgan fingerprint density at radius 3 is 3.04 bits per heavy atom. The number of ether oxygens (including phenoxy) is 1. The van der Waals surface area contributed by atoms with Gasteiger partial charge in [0.25, 0.3) is 0 Å². The number of nitrogens with one attached hydrogen (secondary N) is 1. The number of hydrogen-bond acceptors (Lipinski definition) is 4. The number of carbonyl (C=O) groups excluding carboxylic acids is 1. The van der Waals surface area contributed by atoms with Gasteiger partial charge in [-0.25, -0.2) is 4.79 Å². The number of rotatable bonds is 3. The molecule has 1 aliphatic heterocycles. The topological polar surface area (TPSA) is 58.2 Å². The predicted octanol–water partition coefficient (Wildman–Crippen LogP) is 2.87. The molecule has 1 N–H and O–H groups in total. The predicted molar refractivity (Wildman–Crippen MR) is 86.8 cm³/mol. The summed E-state index contributed by atoms with van der Waals surface area (Å²) in [5.74, 6) is -0.347. The molecule has 23 heavy (non-hydrogen) atoms. The first-order chi connectivity index (χ1) is 11.2. The van der Waals surface area contributed by atoms with Gasteiger partial charge in [-0.1, -0.05) is 18.2 Å². The number of pyridine rings is 1. The van der Waals surface area contributed by atoms with E-state index in [2.05, 4.69) is 34.0 Å². The van der Waals surface area contributed by atoms with Crippen LogP contribution in [0.15, 0.2) is 42.9 Å². The second kappa shape index (κ2) is 5.52. The van der Waals surface area contributed by atoms with Gasteiger partial charge in [0.15, 0.2) is 0 Å². The lowest BCUT2D eigenvalue weighted by Gasteiger charge is -2.07. The Morgan fingerprint density at radius 1 is 1.26 bits per heavy atom. The molecule has 0 saturated carbocycles. The van der Waals surface area contributed by atoms with Crippen molar-refractivity contribution in [2.45, 2.75) is 19.7 Å². The number of nitrogens with zero attached hydrogens (tertiary/aromatic N) is 2. The van der Waals surface area contributed by atoms with Crippen LogP contribution in [0.1, 0.15) is 27.0 Å². The molecule has 3 aromatic rings. The van der Waals surface area contributed by atoms with Crippen molar-refractivity contribution >= 4 is 16.9 Å². The fraction of sp³-hybridized carbons (Fsp3) is 0.222.